The summed E-state index contributed by atoms with van der Waals surface area (Å²) < 4.78 is 48.9. The molecule has 0 fully saturated rings. The molecule has 1 heterocycles. The molecular weight excluding hydrogens is 523 g/mol. The Bertz CT molecular complexity index is 1490. The van der Waals surface area contributed by atoms with Crippen molar-refractivity contribution < 1.29 is 27.8 Å². The number of carboxylic acids is 1. The monoisotopic (exact) mass is 551 g/mol. The van der Waals surface area contributed by atoms with Crippen LogP contribution in [-0.2, 0) is 11.2 Å². The lowest BCUT2D eigenvalue weighted by Gasteiger charge is -2.24. The number of anilines is 2. The summed E-state index contributed by atoms with van der Waals surface area (Å²) in [6.45, 7) is 0. The maximum absolute atomic E-state index is 14.5. The minimum atomic E-state index is -4.78. The van der Waals surface area contributed by atoms with Gasteiger partial charge in [-0.15, -0.1) is 0 Å². The van der Waals surface area contributed by atoms with Gasteiger partial charge in [0.2, 0.25) is 17.9 Å². The van der Waals surface area contributed by atoms with Crippen LogP contribution in [0.15, 0.2) is 78.9 Å². The van der Waals surface area contributed by atoms with Gasteiger partial charge in [-0.1, -0.05) is 60.7 Å². The predicted octanol–water partition coefficient (Wildman–Crippen LogP) is 5.10. The van der Waals surface area contributed by atoms with Crippen LogP contribution < -0.4 is 21.1 Å². The second-order valence-corrected chi connectivity index (χ2v) is 9.37. The second-order valence-electron chi connectivity index (χ2n) is 9.37. The number of hydrogen-bond donors (Lipinski definition) is 3. The second kappa shape index (κ2) is 11.6. The van der Waals surface area contributed by atoms with Crippen LogP contribution in [0.3, 0.4) is 0 Å². The van der Waals surface area contributed by atoms with E-state index in [2.05, 4.69) is 9.97 Å². The van der Waals surface area contributed by atoms with Crippen LogP contribution in [0, 0.1) is 0 Å². The number of alkyl halides is 3. The van der Waals surface area contributed by atoms with E-state index in [1.165, 1.54) is 18.2 Å². The average molecular weight is 552 g/mol. The van der Waals surface area contributed by atoms with Crippen molar-refractivity contribution >= 4 is 17.6 Å². The summed E-state index contributed by atoms with van der Waals surface area (Å²) in [4.78, 5) is 20.9. The van der Waals surface area contributed by atoms with Gasteiger partial charge in [-0.2, -0.15) is 18.2 Å². The van der Waals surface area contributed by atoms with Crippen LogP contribution >= 0.6 is 0 Å². The van der Waals surface area contributed by atoms with Gasteiger partial charge in [-0.05, 0) is 35.2 Å². The van der Waals surface area contributed by atoms with Gasteiger partial charge in [0.05, 0.1) is 5.69 Å². The highest BCUT2D eigenvalue weighted by molar-refractivity contribution is 5.74. The van der Waals surface area contributed by atoms with Crippen molar-refractivity contribution in [2.24, 2.45) is 5.73 Å². The van der Waals surface area contributed by atoms with Gasteiger partial charge < -0.3 is 26.2 Å². The fourth-order valence-electron chi connectivity index (χ4n) is 4.17. The first-order chi connectivity index (χ1) is 18.9. The van der Waals surface area contributed by atoms with Gasteiger partial charge in [0.15, 0.2) is 0 Å². The Balaban J connectivity index is 1.68. The number of nitrogens with two attached hydrogens (primary N) is 2. The van der Waals surface area contributed by atoms with E-state index in [0.29, 0.717) is 22.3 Å². The van der Waals surface area contributed by atoms with Crippen LogP contribution in [0.2, 0.25) is 0 Å². The highest BCUT2D eigenvalue weighted by Gasteiger charge is 2.44. The minimum absolute atomic E-state index is 0.0799. The fourth-order valence-corrected chi connectivity index (χ4v) is 4.17. The van der Waals surface area contributed by atoms with Crippen LogP contribution in [0.4, 0.5) is 24.8 Å². The van der Waals surface area contributed by atoms with E-state index >= 15 is 0 Å². The molecule has 208 valence electrons. The minimum Gasteiger partial charge on any atom is -0.480 e. The summed E-state index contributed by atoms with van der Waals surface area (Å²) in [5.74, 6) is -1.74. The van der Waals surface area contributed by atoms with Crippen molar-refractivity contribution in [3.05, 3.63) is 90.0 Å². The highest BCUT2D eigenvalue weighted by Crippen LogP contribution is 2.41. The Hall–Kier alpha value is -4.64. The highest BCUT2D eigenvalue weighted by atomic mass is 19.4. The van der Waals surface area contributed by atoms with E-state index in [1.54, 1.807) is 54.6 Å². The van der Waals surface area contributed by atoms with E-state index in [1.807, 2.05) is 25.1 Å². The SMILES string of the molecule is CN(C)c1cccc(-c2ccccc2[C@H](Oc2cc(-c3ccc(C[C@H](N)C(=O)O)cc3)nc(N)n2)C(F)(F)F)c1. The molecule has 8 nitrogen and oxygen atoms in total. The molecule has 11 heteroatoms. The number of ether oxygens (including phenoxy) is 1. The Morgan fingerprint density at radius 1 is 0.975 bits per heavy atom. The molecule has 5 N–H and O–H groups in total. The average Bonchev–Trinajstić information content (AvgIpc) is 2.91. The number of nitrogen functional groups attached to an aromatic ring is 1. The maximum Gasteiger partial charge on any atom is 0.429 e. The Morgan fingerprint density at radius 3 is 2.33 bits per heavy atom. The normalized spacial score (nSPS) is 12.9. The smallest absolute Gasteiger partial charge is 0.429 e. The first-order valence-corrected chi connectivity index (χ1v) is 12.2. The molecule has 0 unspecified atom stereocenters. The number of carbonyl (C=O) groups is 1. The zero-order valence-electron chi connectivity index (χ0n) is 21.8. The van der Waals surface area contributed by atoms with Crippen molar-refractivity contribution in [1.29, 1.82) is 0 Å². The van der Waals surface area contributed by atoms with E-state index in [-0.39, 0.29) is 29.5 Å². The van der Waals surface area contributed by atoms with Gasteiger partial charge >= 0.3 is 12.1 Å². The maximum atomic E-state index is 14.5. The molecular formula is C29H28F3N5O3. The Labute approximate surface area is 229 Å². The number of rotatable bonds is 9. The summed E-state index contributed by atoms with van der Waals surface area (Å²) in [5, 5.41) is 9.01. The summed E-state index contributed by atoms with van der Waals surface area (Å²) >= 11 is 0. The van der Waals surface area contributed by atoms with Crippen LogP contribution in [-0.4, -0.2) is 47.4 Å². The quantitative estimate of drug-likeness (QED) is 0.262. The number of halogens is 3. The molecule has 0 aliphatic heterocycles. The largest absolute Gasteiger partial charge is 0.480 e. The van der Waals surface area contributed by atoms with Crippen molar-refractivity contribution in [2.45, 2.75) is 24.7 Å². The first kappa shape index (κ1) is 28.4. The number of carboxylic acid groups (broad SMARTS) is 1. The predicted molar refractivity (Wildman–Crippen MR) is 147 cm³/mol. The molecule has 40 heavy (non-hydrogen) atoms. The van der Waals surface area contributed by atoms with Crippen molar-refractivity contribution in [2.75, 3.05) is 24.7 Å². The molecule has 2 atom stereocenters. The molecule has 0 aliphatic rings. The van der Waals surface area contributed by atoms with E-state index in [4.69, 9.17) is 21.3 Å². The lowest BCUT2D eigenvalue weighted by molar-refractivity contribution is -0.198. The zero-order valence-corrected chi connectivity index (χ0v) is 21.8. The lowest BCUT2D eigenvalue weighted by Crippen LogP contribution is -2.32. The number of aliphatic carboxylic acids is 1. The number of benzene rings is 3. The standard InChI is InChI=1S/C29H28F3N5O3/c1-37(2)20-7-5-6-19(15-20)21-8-3-4-9-22(21)26(29(30,31)32)40-25-16-24(35-28(34)36-25)18-12-10-17(11-13-18)14-23(33)27(38)39/h3-13,15-16,23,26H,14,33H2,1-2H3,(H,38,39)(H2,34,35,36)/t23-,26-/m0/s1. The van der Waals surface area contributed by atoms with Gasteiger partial charge in [0, 0.05) is 37.0 Å². The molecule has 0 saturated carbocycles. The molecule has 0 aliphatic carbocycles. The molecule has 4 rings (SSSR count). The molecule has 0 bridgehead atoms. The lowest BCUT2D eigenvalue weighted by atomic mass is 9.95. The van der Waals surface area contributed by atoms with E-state index < -0.39 is 24.3 Å². The molecule has 4 aromatic rings. The first-order valence-electron chi connectivity index (χ1n) is 12.2. The third-order valence-corrected chi connectivity index (χ3v) is 6.20. The molecule has 0 amide bonds. The molecule has 0 spiro atoms. The topological polar surface area (TPSA) is 128 Å². The fraction of sp³-hybridized carbons (Fsp3) is 0.207. The van der Waals surface area contributed by atoms with E-state index in [9.17, 15) is 18.0 Å². The summed E-state index contributed by atoms with van der Waals surface area (Å²) in [6.07, 6.45) is -7.01. The van der Waals surface area contributed by atoms with Gasteiger partial charge in [-0.3, -0.25) is 4.79 Å². The van der Waals surface area contributed by atoms with Crippen LogP contribution in [0.25, 0.3) is 22.4 Å². The summed E-state index contributed by atoms with van der Waals surface area (Å²) in [6, 6.07) is 20.2. The van der Waals surface area contributed by atoms with Crippen LogP contribution in [0.1, 0.15) is 17.2 Å². The summed E-state index contributed by atoms with van der Waals surface area (Å²) in [7, 11) is 3.70. The molecule has 1 aromatic heterocycles. The summed E-state index contributed by atoms with van der Waals surface area (Å²) in [5.41, 5.74) is 14.6. The van der Waals surface area contributed by atoms with Crippen molar-refractivity contribution in [3.8, 4) is 28.3 Å². The Kier molecular flexibility index (Phi) is 8.24. The van der Waals surface area contributed by atoms with Crippen molar-refractivity contribution in [1.82, 2.24) is 9.97 Å². The molecule has 0 saturated heterocycles. The number of hydrogen-bond acceptors (Lipinski definition) is 7. The zero-order chi connectivity index (χ0) is 29.0. The van der Waals surface area contributed by atoms with E-state index in [0.717, 1.165) is 5.69 Å². The molecule has 3 aromatic carbocycles. The van der Waals surface area contributed by atoms with Crippen molar-refractivity contribution in [3.63, 3.8) is 0 Å². The van der Waals surface area contributed by atoms with Gasteiger partial charge in [0.1, 0.15) is 6.04 Å². The molecule has 0 radical (unpaired) electrons. The van der Waals surface area contributed by atoms with Gasteiger partial charge in [-0.25, -0.2) is 4.98 Å². The van der Waals surface area contributed by atoms with Crippen LogP contribution in [0.5, 0.6) is 5.88 Å². The number of aromatic nitrogens is 2. The third kappa shape index (κ3) is 6.67. The van der Waals surface area contributed by atoms with Gasteiger partial charge in [0.25, 0.3) is 0 Å². The number of nitrogens with zero attached hydrogens (tertiary/aromatic N) is 3. The Morgan fingerprint density at radius 2 is 1.68 bits per heavy atom. The third-order valence-electron chi connectivity index (χ3n) is 6.20.